The smallest absolute Gasteiger partial charge is 0.223 e. The summed E-state index contributed by atoms with van der Waals surface area (Å²) in [6.07, 6.45) is 1.08. The van der Waals surface area contributed by atoms with Crippen molar-refractivity contribution in [2.75, 3.05) is 11.2 Å². The van der Waals surface area contributed by atoms with E-state index < -0.39 is 0 Å². The van der Waals surface area contributed by atoms with E-state index in [1.807, 2.05) is 0 Å². The second-order valence-electron chi connectivity index (χ2n) is 2.93. The van der Waals surface area contributed by atoms with Crippen molar-refractivity contribution in [2.45, 2.75) is 30.5 Å². The van der Waals surface area contributed by atoms with Crippen LogP contribution in [0.15, 0.2) is 11.1 Å². The van der Waals surface area contributed by atoms with Gasteiger partial charge in [0.25, 0.3) is 0 Å². The lowest BCUT2D eigenvalue weighted by Crippen LogP contribution is -2.10. The van der Waals surface area contributed by atoms with E-state index in [4.69, 9.17) is 11.6 Å². The summed E-state index contributed by atoms with van der Waals surface area (Å²) in [5.41, 5.74) is 7.98. The first-order valence-corrected chi connectivity index (χ1v) is 5.31. The van der Waals surface area contributed by atoms with Gasteiger partial charge in [-0.2, -0.15) is 4.98 Å². The molecular formula is C8H15N5S. The highest BCUT2D eigenvalue weighted by Crippen LogP contribution is 2.24. The molecule has 0 saturated carbocycles. The van der Waals surface area contributed by atoms with Crippen molar-refractivity contribution >= 4 is 23.5 Å². The summed E-state index contributed by atoms with van der Waals surface area (Å²) in [7, 11) is 0. The van der Waals surface area contributed by atoms with E-state index in [0.29, 0.717) is 11.1 Å². The van der Waals surface area contributed by atoms with Crippen molar-refractivity contribution in [1.29, 1.82) is 0 Å². The van der Waals surface area contributed by atoms with E-state index in [2.05, 4.69) is 29.2 Å². The molecule has 1 unspecified atom stereocenters. The summed E-state index contributed by atoms with van der Waals surface area (Å²) in [6.45, 7) is 4.27. The van der Waals surface area contributed by atoms with Crippen molar-refractivity contribution in [1.82, 2.24) is 9.97 Å². The fraction of sp³-hybridized carbons (Fsp3) is 0.500. The summed E-state index contributed by atoms with van der Waals surface area (Å²) in [4.78, 5) is 8.01. The molecule has 1 atom stereocenters. The van der Waals surface area contributed by atoms with Crippen LogP contribution in [0.3, 0.4) is 0 Å². The average Bonchev–Trinajstić information content (AvgIpc) is 2.16. The van der Waals surface area contributed by atoms with Gasteiger partial charge in [-0.1, -0.05) is 13.8 Å². The molecule has 0 radical (unpaired) electrons. The maximum absolute atomic E-state index is 5.52. The Kier molecular flexibility index (Phi) is 3.97. The van der Waals surface area contributed by atoms with Crippen molar-refractivity contribution in [2.24, 2.45) is 5.84 Å². The lowest BCUT2D eigenvalue weighted by Gasteiger charge is -2.08. The maximum Gasteiger partial charge on any atom is 0.223 e. The van der Waals surface area contributed by atoms with Crippen LogP contribution in [-0.2, 0) is 0 Å². The van der Waals surface area contributed by atoms with Gasteiger partial charge in [-0.05, 0) is 6.42 Å². The minimum atomic E-state index is 0.242. The first kappa shape index (κ1) is 11.1. The Morgan fingerprint density at radius 2 is 2.29 bits per heavy atom. The van der Waals surface area contributed by atoms with Crippen LogP contribution in [0.2, 0.25) is 0 Å². The Morgan fingerprint density at radius 3 is 2.86 bits per heavy atom. The minimum Gasteiger partial charge on any atom is -0.368 e. The number of hydrogen-bond acceptors (Lipinski definition) is 6. The molecule has 0 aromatic carbocycles. The van der Waals surface area contributed by atoms with Gasteiger partial charge < -0.3 is 11.2 Å². The molecule has 1 rings (SSSR count). The molecule has 0 bridgehead atoms. The van der Waals surface area contributed by atoms with Gasteiger partial charge in [0.05, 0.1) is 0 Å². The molecule has 0 aliphatic carbocycles. The third kappa shape index (κ3) is 3.04. The van der Waals surface area contributed by atoms with Gasteiger partial charge in [0.1, 0.15) is 10.8 Å². The number of anilines is 2. The zero-order valence-electron chi connectivity index (χ0n) is 8.32. The first-order valence-electron chi connectivity index (χ1n) is 4.43. The highest BCUT2D eigenvalue weighted by molar-refractivity contribution is 7.99. The standard InChI is InChI=1S/C8H15N5S/c1-3-5(2)14-7-4-6(13-10)11-8(9)12-7/h4-5H,3,10H2,1-2H3,(H3,9,11,12,13). The van der Waals surface area contributed by atoms with Crippen LogP contribution in [0, 0.1) is 0 Å². The summed E-state index contributed by atoms with van der Waals surface area (Å²) >= 11 is 1.66. The topological polar surface area (TPSA) is 89.8 Å². The van der Waals surface area contributed by atoms with Crippen molar-refractivity contribution < 1.29 is 0 Å². The Hall–Kier alpha value is -1.01. The summed E-state index contributed by atoms with van der Waals surface area (Å²) < 4.78 is 0. The monoisotopic (exact) mass is 213 g/mol. The third-order valence-corrected chi connectivity index (χ3v) is 2.95. The number of rotatable bonds is 4. The number of hydrogen-bond donors (Lipinski definition) is 3. The second-order valence-corrected chi connectivity index (χ2v) is 4.39. The van der Waals surface area contributed by atoms with Crippen LogP contribution in [0.1, 0.15) is 20.3 Å². The molecular weight excluding hydrogens is 198 g/mol. The van der Waals surface area contributed by atoms with Crippen molar-refractivity contribution in [3.8, 4) is 0 Å². The molecule has 1 heterocycles. The predicted octanol–water partition coefficient (Wildman–Crippen LogP) is 1.23. The van der Waals surface area contributed by atoms with Gasteiger partial charge in [-0.15, -0.1) is 11.8 Å². The summed E-state index contributed by atoms with van der Waals surface area (Å²) in [5.74, 6) is 6.03. The van der Waals surface area contributed by atoms with E-state index in [1.54, 1.807) is 17.8 Å². The number of nitrogen functional groups attached to an aromatic ring is 2. The van der Waals surface area contributed by atoms with Gasteiger partial charge in [-0.3, -0.25) is 0 Å². The fourth-order valence-electron chi connectivity index (χ4n) is 0.867. The molecule has 0 saturated heterocycles. The van der Waals surface area contributed by atoms with Crippen LogP contribution in [0.4, 0.5) is 11.8 Å². The molecule has 5 N–H and O–H groups in total. The number of nitrogens with one attached hydrogen (secondary N) is 1. The third-order valence-electron chi connectivity index (χ3n) is 1.76. The molecule has 6 heteroatoms. The Bertz CT molecular complexity index is 304. The normalized spacial score (nSPS) is 12.5. The fourth-order valence-corrected chi connectivity index (χ4v) is 1.77. The van der Waals surface area contributed by atoms with E-state index in [9.17, 15) is 0 Å². The van der Waals surface area contributed by atoms with Crippen molar-refractivity contribution in [3.63, 3.8) is 0 Å². The van der Waals surface area contributed by atoms with Crippen molar-refractivity contribution in [3.05, 3.63) is 6.07 Å². The molecule has 1 aromatic rings. The molecule has 5 nitrogen and oxygen atoms in total. The molecule has 78 valence electrons. The van der Waals surface area contributed by atoms with E-state index in [0.717, 1.165) is 11.4 Å². The van der Waals surface area contributed by atoms with Gasteiger partial charge in [0.15, 0.2) is 0 Å². The largest absolute Gasteiger partial charge is 0.368 e. The van der Waals surface area contributed by atoms with Gasteiger partial charge >= 0.3 is 0 Å². The number of nitrogens with two attached hydrogens (primary N) is 2. The molecule has 0 fully saturated rings. The lowest BCUT2D eigenvalue weighted by atomic mass is 10.4. The van der Waals surface area contributed by atoms with Crippen LogP contribution in [-0.4, -0.2) is 15.2 Å². The average molecular weight is 213 g/mol. The van der Waals surface area contributed by atoms with E-state index in [-0.39, 0.29) is 5.95 Å². The maximum atomic E-state index is 5.52. The first-order chi connectivity index (χ1) is 6.65. The predicted molar refractivity (Wildman–Crippen MR) is 59.9 cm³/mol. The van der Waals surface area contributed by atoms with Gasteiger partial charge in [0, 0.05) is 11.3 Å². The van der Waals surface area contributed by atoms with Crippen LogP contribution < -0.4 is 17.0 Å². The Balaban J connectivity index is 2.81. The number of thioether (sulfide) groups is 1. The van der Waals surface area contributed by atoms with E-state index in [1.165, 1.54) is 0 Å². The second kappa shape index (κ2) is 5.02. The number of aromatic nitrogens is 2. The quantitative estimate of drug-likeness (QED) is 0.302. The molecule has 0 amide bonds. The number of nitrogens with zero attached hydrogens (tertiary/aromatic N) is 2. The SMILES string of the molecule is CCC(C)Sc1cc(NN)nc(N)n1. The zero-order chi connectivity index (χ0) is 10.6. The molecule has 0 aliphatic rings. The Morgan fingerprint density at radius 1 is 1.57 bits per heavy atom. The highest BCUT2D eigenvalue weighted by Gasteiger charge is 2.06. The van der Waals surface area contributed by atoms with Gasteiger partial charge in [0.2, 0.25) is 5.95 Å². The van der Waals surface area contributed by atoms with Crippen LogP contribution in [0.25, 0.3) is 0 Å². The summed E-state index contributed by atoms with van der Waals surface area (Å²) in [6, 6.07) is 1.78. The molecule has 1 aromatic heterocycles. The molecule has 0 spiro atoms. The molecule has 14 heavy (non-hydrogen) atoms. The molecule has 0 aliphatic heterocycles. The number of hydrazine groups is 1. The lowest BCUT2D eigenvalue weighted by molar-refractivity contribution is 0.899. The Labute approximate surface area is 87.7 Å². The minimum absolute atomic E-state index is 0.242. The highest BCUT2D eigenvalue weighted by atomic mass is 32.2. The van der Waals surface area contributed by atoms with Gasteiger partial charge in [-0.25, -0.2) is 10.8 Å². The van der Waals surface area contributed by atoms with Crippen LogP contribution >= 0.6 is 11.8 Å². The zero-order valence-corrected chi connectivity index (χ0v) is 9.14. The van der Waals surface area contributed by atoms with E-state index >= 15 is 0 Å². The summed E-state index contributed by atoms with van der Waals surface area (Å²) in [5, 5.41) is 1.36. The van der Waals surface area contributed by atoms with Crippen LogP contribution in [0.5, 0.6) is 0 Å².